The molecule has 0 N–H and O–H groups in total. The van der Waals surface area contributed by atoms with Crippen LogP contribution in [0, 0.1) is 0 Å². The molecule has 64 valence electrons. The first-order valence-corrected chi connectivity index (χ1v) is 4.46. The van der Waals surface area contributed by atoms with Crippen LogP contribution in [0.15, 0.2) is 0 Å². The Bertz CT molecular complexity index is 145. The quantitative estimate of drug-likeness (QED) is 0.522. The van der Waals surface area contributed by atoms with Crippen molar-refractivity contribution < 1.29 is 4.74 Å². The van der Waals surface area contributed by atoms with Gasteiger partial charge >= 0.3 is 0 Å². The number of piperidine rings is 1. The summed E-state index contributed by atoms with van der Waals surface area (Å²) in [4.78, 5) is 2.52. The zero-order valence-electron chi connectivity index (χ0n) is 7.63. The van der Waals surface area contributed by atoms with E-state index in [2.05, 4.69) is 25.7 Å². The maximum absolute atomic E-state index is 5.56. The smallest absolute Gasteiger partial charge is 0.0731 e. The van der Waals surface area contributed by atoms with Crippen molar-refractivity contribution in [2.45, 2.75) is 44.9 Å². The van der Waals surface area contributed by atoms with E-state index < -0.39 is 0 Å². The van der Waals surface area contributed by atoms with E-state index in [9.17, 15) is 0 Å². The van der Waals surface area contributed by atoms with Crippen molar-refractivity contribution in [3.05, 3.63) is 0 Å². The van der Waals surface area contributed by atoms with Gasteiger partial charge in [-0.1, -0.05) is 0 Å². The molecular weight excluding hydrogens is 138 g/mol. The molecule has 2 atom stereocenters. The number of hydrogen-bond acceptors (Lipinski definition) is 2. The zero-order valence-corrected chi connectivity index (χ0v) is 7.63. The fourth-order valence-electron chi connectivity index (χ4n) is 1.90. The van der Waals surface area contributed by atoms with Gasteiger partial charge in [-0.15, -0.1) is 0 Å². The number of morpholine rings is 1. The molecule has 3 fully saturated rings. The molecule has 3 heterocycles. The molecule has 2 bridgehead atoms. The van der Waals surface area contributed by atoms with Crippen molar-refractivity contribution in [3.63, 3.8) is 0 Å². The Hall–Kier alpha value is -0.0800. The highest BCUT2D eigenvalue weighted by Gasteiger charge is 2.41. The van der Waals surface area contributed by atoms with E-state index in [1.165, 1.54) is 6.42 Å². The highest BCUT2D eigenvalue weighted by Crippen LogP contribution is 2.31. The van der Waals surface area contributed by atoms with E-state index >= 15 is 0 Å². The number of nitrogens with zero attached hydrogens (tertiary/aromatic N) is 1. The van der Waals surface area contributed by atoms with Crippen molar-refractivity contribution >= 4 is 0 Å². The predicted molar refractivity (Wildman–Crippen MR) is 44.6 cm³/mol. The van der Waals surface area contributed by atoms with Gasteiger partial charge in [-0.05, 0) is 20.8 Å². The third kappa shape index (κ3) is 1.30. The van der Waals surface area contributed by atoms with Crippen LogP contribution in [0.2, 0.25) is 0 Å². The molecule has 2 heteroatoms. The van der Waals surface area contributed by atoms with Crippen molar-refractivity contribution in [3.8, 4) is 0 Å². The number of ether oxygens (including phenoxy) is 1. The molecular formula is C9H17NO. The lowest BCUT2D eigenvalue weighted by Crippen LogP contribution is -2.61. The normalized spacial score (nSPS) is 38.5. The lowest BCUT2D eigenvalue weighted by Gasteiger charge is -2.51. The highest BCUT2D eigenvalue weighted by atomic mass is 16.5. The summed E-state index contributed by atoms with van der Waals surface area (Å²) in [7, 11) is 0. The monoisotopic (exact) mass is 155 g/mol. The van der Waals surface area contributed by atoms with Gasteiger partial charge in [0, 0.05) is 25.0 Å². The minimum absolute atomic E-state index is 0.334. The molecule has 0 saturated carbocycles. The van der Waals surface area contributed by atoms with Crippen molar-refractivity contribution in [2.24, 2.45) is 0 Å². The van der Waals surface area contributed by atoms with Gasteiger partial charge in [0.25, 0.3) is 0 Å². The molecule has 3 aliphatic heterocycles. The molecule has 11 heavy (non-hydrogen) atoms. The van der Waals surface area contributed by atoms with E-state index in [0.717, 1.165) is 13.1 Å². The Kier molecular flexibility index (Phi) is 1.52. The minimum atomic E-state index is 0.334. The Morgan fingerprint density at radius 1 is 1.18 bits per heavy atom. The Labute approximate surface area is 68.5 Å². The van der Waals surface area contributed by atoms with Gasteiger partial charge in [0.2, 0.25) is 0 Å². The molecule has 3 saturated heterocycles. The molecule has 0 radical (unpaired) electrons. The summed E-state index contributed by atoms with van der Waals surface area (Å²) < 4.78 is 5.56. The second kappa shape index (κ2) is 2.20. The van der Waals surface area contributed by atoms with Gasteiger partial charge in [-0.2, -0.15) is 0 Å². The fourth-order valence-corrected chi connectivity index (χ4v) is 1.90. The third-order valence-electron chi connectivity index (χ3n) is 2.71. The lowest BCUT2D eigenvalue weighted by atomic mass is 9.94. The molecule has 0 unspecified atom stereocenters. The first kappa shape index (κ1) is 7.56. The van der Waals surface area contributed by atoms with E-state index in [1.54, 1.807) is 0 Å². The second-order valence-corrected chi connectivity index (χ2v) is 4.69. The molecule has 2 nitrogen and oxygen atoms in total. The maximum Gasteiger partial charge on any atom is 0.0731 e. The summed E-state index contributed by atoms with van der Waals surface area (Å²) in [6.45, 7) is 9.10. The SMILES string of the molecule is CC(C)(C)N1C[C@H]2C[C@@H](C1)O2. The van der Waals surface area contributed by atoms with Gasteiger partial charge in [-0.25, -0.2) is 0 Å². The molecule has 0 aromatic carbocycles. The van der Waals surface area contributed by atoms with Crippen LogP contribution >= 0.6 is 0 Å². The lowest BCUT2D eigenvalue weighted by molar-refractivity contribution is -0.195. The highest BCUT2D eigenvalue weighted by molar-refractivity contribution is 4.93. The largest absolute Gasteiger partial charge is 0.372 e. The molecule has 3 aliphatic rings. The first-order valence-electron chi connectivity index (χ1n) is 4.46. The van der Waals surface area contributed by atoms with Crippen LogP contribution < -0.4 is 0 Å². The molecule has 0 aromatic rings. The molecule has 0 spiro atoms. The number of rotatable bonds is 0. The van der Waals surface area contributed by atoms with E-state index in [-0.39, 0.29) is 0 Å². The molecule has 0 aromatic heterocycles. The predicted octanol–water partition coefficient (Wildman–Crippen LogP) is 1.26. The van der Waals surface area contributed by atoms with Gasteiger partial charge < -0.3 is 4.74 Å². The van der Waals surface area contributed by atoms with Gasteiger partial charge in [-0.3, -0.25) is 4.90 Å². The number of hydrogen-bond donors (Lipinski definition) is 0. The minimum Gasteiger partial charge on any atom is -0.372 e. The molecule has 0 aliphatic carbocycles. The summed E-state index contributed by atoms with van der Waals surface area (Å²) in [6, 6.07) is 0. The van der Waals surface area contributed by atoms with Gasteiger partial charge in [0.1, 0.15) is 0 Å². The van der Waals surface area contributed by atoms with Crippen LogP contribution in [-0.4, -0.2) is 35.7 Å². The third-order valence-corrected chi connectivity index (χ3v) is 2.71. The summed E-state index contributed by atoms with van der Waals surface area (Å²) in [5.74, 6) is 0. The van der Waals surface area contributed by atoms with Crippen LogP contribution in [0.4, 0.5) is 0 Å². The van der Waals surface area contributed by atoms with Crippen LogP contribution in [0.3, 0.4) is 0 Å². The fraction of sp³-hybridized carbons (Fsp3) is 1.00. The Morgan fingerprint density at radius 3 is 1.91 bits per heavy atom. The van der Waals surface area contributed by atoms with Gasteiger partial charge in [0.05, 0.1) is 12.2 Å². The van der Waals surface area contributed by atoms with E-state index in [4.69, 9.17) is 4.74 Å². The second-order valence-electron chi connectivity index (χ2n) is 4.69. The Balaban J connectivity index is 1.97. The van der Waals surface area contributed by atoms with Crippen molar-refractivity contribution in [1.29, 1.82) is 0 Å². The van der Waals surface area contributed by atoms with Crippen LogP contribution in [0.25, 0.3) is 0 Å². The zero-order chi connectivity index (χ0) is 8.06. The summed E-state index contributed by atoms with van der Waals surface area (Å²) in [6.07, 6.45) is 2.40. The molecule has 0 amide bonds. The van der Waals surface area contributed by atoms with Crippen molar-refractivity contribution in [1.82, 2.24) is 4.90 Å². The van der Waals surface area contributed by atoms with Crippen LogP contribution in [0.5, 0.6) is 0 Å². The standard InChI is InChI=1S/C9H17NO/c1-9(2,3)10-5-7-4-8(6-10)11-7/h7-8H,4-6H2,1-3H3/t7-,8+. The van der Waals surface area contributed by atoms with Gasteiger partial charge in [0.15, 0.2) is 0 Å². The summed E-state index contributed by atoms with van der Waals surface area (Å²) in [5, 5.41) is 0. The van der Waals surface area contributed by atoms with Crippen LogP contribution in [-0.2, 0) is 4.74 Å². The maximum atomic E-state index is 5.56. The van der Waals surface area contributed by atoms with Crippen molar-refractivity contribution in [2.75, 3.05) is 13.1 Å². The number of fused-ring (bicyclic) bond motifs is 2. The average Bonchev–Trinajstić information content (AvgIpc) is 1.84. The van der Waals surface area contributed by atoms with Crippen LogP contribution in [0.1, 0.15) is 27.2 Å². The molecule has 3 rings (SSSR count). The van der Waals surface area contributed by atoms with E-state index in [1.807, 2.05) is 0 Å². The van der Waals surface area contributed by atoms with E-state index in [0.29, 0.717) is 17.7 Å². The summed E-state index contributed by atoms with van der Waals surface area (Å²) >= 11 is 0. The first-order chi connectivity index (χ1) is 5.05. The topological polar surface area (TPSA) is 12.5 Å². The average molecular weight is 155 g/mol. The Morgan fingerprint density at radius 2 is 1.64 bits per heavy atom. The summed E-state index contributed by atoms with van der Waals surface area (Å²) in [5.41, 5.74) is 0.334.